The standard InChI is InChI=1S/C23H27N7O/c1-3-19(31)29-11-5-6-15(13-29)23-27-20-21(30(23)4-2)16-8-7-14(17-9-10-25-28-17)12-18(16)26-22(20)24/h7-10,12,15H,3-6,11,13H2,1-2H3,(H2,24,26)(H,25,28)/t15-/m0/s1. The number of aryl methyl sites for hydroxylation is 1. The summed E-state index contributed by atoms with van der Waals surface area (Å²) in [6.45, 7) is 6.38. The Labute approximate surface area is 180 Å². The molecule has 1 saturated heterocycles. The average molecular weight is 418 g/mol. The highest BCUT2D eigenvalue weighted by molar-refractivity contribution is 6.07. The zero-order chi connectivity index (χ0) is 21.5. The van der Waals surface area contributed by atoms with Crippen LogP contribution < -0.4 is 5.73 Å². The number of carbonyl (C=O) groups is 1. The number of piperidine rings is 1. The van der Waals surface area contributed by atoms with E-state index < -0.39 is 0 Å². The number of hydrogen-bond donors (Lipinski definition) is 2. The molecule has 0 unspecified atom stereocenters. The van der Waals surface area contributed by atoms with Gasteiger partial charge in [0.05, 0.1) is 16.7 Å². The van der Waals surface area contributed by atoms with Gasteiger partial charge in [-0.05, 0) is 38.0 Å². The molecule has 0 saturated carbocycles. The third kappa shape index (κ3) is 3.22. The molecule has 0 radical (unpaired) electrons. The summed E-state index contributed by atoms with van der Waals surface area (Å²) in [5, 5.41) is 8.07. The van der Waals surface area contributed by atoms with Crippen LogP contribution in [-0.4, -0.2) is 48.6 Å². The van der Waals surface area contributed by atoms with Crippen LogP contribution in [0, 0.1) is 0 Å². The molecule has 1 aliphatic heterocycles. The Kier molecular flexibility index (Phi) is 4.84. The lowest BCUT2D eigenvalue weighted by Crippen LogP contribution is -2.39. The van der Waals surface area contributed by atoms with E-state index in [0.717, 1.165) is 64.9 Å². The molecule has 1 fully saturated rings. The van der Waals surface area contributed by atoms with Gasteiger partial charge >= 0.3 is 0 Å². The predicted octanol–water partition coefficient (Wildman–Crippen LogP) is 3.69. The first-order valence-corrected chi connectivity index (χ1v) is 11.0. The van der Waals surface area contributed by atoms with Crippen LogP contribution in [0.3, 0.4) is 0 Å². The van der Waals surface area contributed by atoms with Crippen molar-refractivity contribution in [2.45, 2.75) is 45.6 Å². The number of carbonyl (C=O) groups excluding carboxylic acids is 1. The summed E-state index contributed by atoms with van der Waals surface area (Å²) in [6.07, 6.45) is 4.29. The van der Waals surface area contributed by atoms with Crippen LogP contribution in [0.25, 0.3) is 33.2 Å². The number of imidazole rings is 1. The molecule has 4 heterocycles. The molecule has 8 heteroatoms. The van der Waals surface area contributed by atoms with Crippen LogP contribution in [0.2, 0.25) is 0 Å². The normalized spacial score (nSPS) is 17.0. The van der Waals surface area contributed by atoms with E-state index in [-0.39, 0.29) is 11.8 Å². The van der Waals surface area contributed by atoms with Gasteiger partial charge in [0.15, 0.2) is 5.82 Å². The number of rotatable bonds is 4. The Morgan fingerprint density at radius 1 is 1.26 bits per heavy atom. The van der Waals surface area contributed by atoms with Crippen molar-refractivity contribution in [3.05, 3.63) is 36.3 Å². The van der Waals surface area contributed by atoms with Crippen molar-refractivity contribution < 1.29 is 4.79 Å². The van der Waals surface area contributed by atoms with E-state index in [1.165, 1.54) is 0 Å². The van der Waals surface area contributed by atoms with Crippen LogP contribution in [0.15, 0.2) is 30.5 Å². The highest BCUT2D eigenvalue weighted by Gasteiger charge is 2.29. The summed E-state index contributed by atoms with van der Waals surface area (Å²) >= 11 is 0. The SMILES string of the molecule is CCC(=O)N1CCC[C@H](c2nc3c(N)nc4cc(-c5ccn[nH]5)ccc4c3n2CC)C1. The van der Waals surface area contributed by atoms with E-state index in [2.05, 4.69) is 38.8 Å². The van der Waals surface area contributed by atoms with Gasteiger partial charge in [-0.25, -0.2) is 9.97 Å². The number of amides is 1. The molecule has 8 nitrogen and oxygen atoms in total. The van der Waals surface area contributed by atoms with Crippen molar-refractivity contribution in [1.29, 1.82) is 0 Å². The van der Waals surface area contributed by atoms with Gasteiger partial charge in [-0.1, -0.05) is 13.0 Å². The molecule has 0 aliphatic carbocycles. The minimum absolute atomic E-state index is 0.204. The molecule has 1 aromatic carbocycles. The topological polar surface area (TPSA) is 106 Å². The number of aromatic amines is 1. The van der Waals surface area contributed by atoms with E-state index in [4.69, 9.17) is 10.7 Å². The predicted molar refractivity (Wildman–Crippen MR) is 122 cm³/mol. The van der Waals surface area contributed by atoms with Crippen molar-refractivity contribution in [2.24, 2.45) is 0 Å². The average Bonchev–Trinajstić information content (AvgIpc) is 3.47. The summed E-state index contributed by atoms with van der Waals surface area (Å²) in [6, 6.07) is 8.13. The first-order chi connectivity index (χ1) is 15.1. The summed E-state index contributed by atoms with van der Waals surface area (Å²) in [7, 11) is 0. The molecular weight excluding hydrogens is 390 g/mol. The van der Waals surface area contributed by atoms with Gasteiger partial charge in [-0.3, -0.25) is 9.89 Å². The summed E-state index contributed by atoms with van der Waals surface area (Å²) in [4.78, 5) is 23.9. The number of fused-ring (bicyclic) bond motifs is 3. The van der Waals surface area contributed by atoms with Crippen molar-refractivity contribution in [2.75, 3.05) is 18.8 Å². The molecule has 0 bridgehead atoms. The van der Waals surface area contributed by atoms with Crippen LogP contribution in [0.4, 0.5) is 5.82 Å². The number of pyridine rings is 1. The molecule has 5 rings (SSSR count). The summed E-state index contributed by atoms with van der Waals surface area (Å²) in [5.74, 6) is 1.86. The largest absolute Gasteiger partial charge is 0.382 e. The second kappa shape index (κ2) is 7.68. The second-order valence-corrected chi connectivity index (χ2v) is 8.14. The number of nitrogens with one attached hydrogen (secondary N) is 1. The second-order valence-electron chi connectivity index (χ2n) is 8.14. The van der Waals surface area contributed by atoms with E-state index >= 15 is 0 Å². The Bertz CT molecular complexity index is 1260. The molecule has 1 aliphatic rings. The van der Waals surface area contributed by atoms with E-state index in [1.807, 2.05) is 24.0 Å². The molecule has 1 amide bonds. The lowest BCUT2D eigenvalue weighted by atomic mass is 9.97. The fraction of sp³-hybridized carbons (Fsp3) is 0.391. The zero-order valence-electron chi connectivity index (χ0n) is 17.9. The van der Waals surface area contributed by atoms with E-state index in [1.54, 1.807) is 6.20 Å². The fourth-order valence-corrected chi connectivity index (χ4v) is 4.78. The Morgan fingerprint density at radius 3 is 2.87 bits per heavy atom. The third-order valence-corrected chi connectivity index (χ3v) is 6.30. The van der Waals surface area contributed by atoms with Crippen molar-refractivity contribution in [3.8, 4) is 11.3 Å². The van der Waals surface area contributed by atoms with E-state index in [9.17, 15) is 4.79 Å². The van der Waals surface area contributed by atoms with Crippen LogP contribution in [-0.2, 0) is 11.3 Å². The highest BCUT2D eigenvalue weighted by atomic mass is 16.2. The maximum absolute atomic E-state index is 12.3. The number of nitrogens with two attached hydrogens (primary N) is 1. The minimum Gasteiger partial charge on any atom is -0.382 e. The van der Waals surface area contributed by atoms with Gasteiger partial charge in [0.2, 0.25) is 5.91 Å². The van der Waals surface area contributed by atoms with Gasteiger partial charge in [0.1, 0.15) is 11.3 Å². The van der Waals surface area contributed by atoms with Gasteiger partial charge in [0, 0.05) is 49.1 Å². The Balaban J connectivity index is 1.65. The number of nitrogens with zero attached hydrogens (tertiary/aromatic N) is 5. The summed E-state index contributed by atoms with van der Waals surface area (Å²) in [5.41, 5.74) is 10.9. The van der Waals surface area contributed by atoms with Crippen LogP contribution in [0.1, 0.15) is 44.9 Å². The zero-order valence-corrected chi connectivity index (χ0v) is 17.9. The molecule has 3 aromatic heterocycles. The summed E-state index contributed by atoms with van der Waals surface area (Å²) < 4.78 is 2.26. The maximum atomic E-state index is 12.3. The number of aromatic nitrogens is 5. The molecular formula is C23H27N7O. The molecule has 4 aromatic rings. The van der Waals surface area contributed by atoms with Gasteiger partial charge in [-0.2, -0.15) is 5.10 Å². The minimum atomic E-state index is 0.204. The van der Waals surface area contributed by atoms with Gasteiger partial charge in [-0.15, -0.1) is 0 Å². The lowest BCUT2D eigenvalue weighted by Gasteiger charge is -2.32. The highest BCUT2D eigenvalue weighted by Crippen LogP contribution is 2.35. The first kappa shape index (κ1) is 19.5. The maximum Gasteiger partial charge on any atom is 0.222 e. The van der Waals surface area contributed by atoms with Crippen LogP contribution in [0.5, 0.6) is 0 Å². The number of benzene rings is 1. The first-order valence-electron chi connectivity index (χ1n) is 11.0. The third-order valence-electron chi connectivity index (χ3n) is 6.30. The Morgan fingerprint density at radius 2 is 2.13 bits per heavy atom. The quantitative estimate of drug-likeness (QED) is 0.527. The molecule has 0 spiro atoms. The molecule has 31 heavy (non-hydrogen) atoms. The Hall–Kier alpha value is -3.42. The number of H-pyrrole nitrogens is 1. The smallest absolute Gasteiger partial charge is 0.222 e. The van der Waals surface area contributed by atoms with Crippen molar-refractivity contribution in [1.82, 2.24) is 29.6 Å². The molecule has 160 valence electrons. The molecule has 3 N–H and O–H groups in total. The number of anilines is 1. The monoisotopic (exact) mass is 417 g/mol. The lowest BCUT2D eigenvalue weighted by molar-refractivity contribution is -0.132. The van der Waals surface area contributed by atoms with Crippen LogP contribution >= 0.6 is 0 Å². The van der Waals surface area contributed by atoms with Gasteiger partial charge in [0.25, 0.3) is 0 Å². The number of nitrogen functional groups attached to an aromatic ring is 1. The van der Waals surface area contributed by atoms with Crippen molar-refractivity contribution >= 4 is 33.7 Å². The van der Waals surface area contributed by atoms with Gasteiger partial charge < -0.3 is 15.2 Å². The van der Waals surface area contributed by atoms with E-state index in [0.29, 0.717) is 18.8 Å². The number of likely N-dealkylation sites (tertiary alicyclic amines) is 1. The molecule has 1 atom stereocenters. The fourth-order valence-electron chi connectivity index (χ4n) is 4.78. The van der Waals surface area contributed by atoms with Crippen molar-refractivity contribution in [3.63, 3.8) is 0 Å². The number of hydrogen-bond acceptors (Lipinski definition) is 5.